The van der Waals surface area contributed by atoms with Gasteiger partial charge in [0.2, 0.25) is 5.91 Å². The summed E-state index contributed by atoms with van der Waals surface area (Å²) >= 11 is 0. The van der Waals surface area contributed by atoms with Gasteiger partial charge in [0.1, 0.15) is 5.82 Å². The third-order valence-electron chi connectivity index (χ3n) is 4.48. The zero-order valence-corrected chi connectivity index (χ0v) is 11.8. The Labute approximate surface area is 119 Å². The standard InChI is InChI=1S/C16H21FN2O/c1-11-10-15(11)16(20)18-13-6-8-19(9-7-13)14-4-2-12(17)3-5-14/h2-5,11,13,15H,6-10H2,1H3,(H,18,20)/t11-,15+/m0/s1. The van der Waals surface area contributed by atoms with Crippen LogP contribution in [0.2, 0.25) is 0 Å². The zero-order chi connectivity index (χ0) is 14.1. The quantitative estimate of drug-likeness (QED) is 0.920. The molecule has 1 amide bonds. The summed E-state index contributed by atoms with van der Waals surface area (Å²) in [6.07, 6.45) is 2.97. The Morgan fingerprint density at radius 1 is 1.25 bits per heavy atom. The smallest absolute Gasteiger partial charge is 0.223 e. The molecule has 3 nitrogen and oxygen atoms in total. The first-order valence-electron chi connectivity index (χ1n) is 7.44. The lowest BCUT2D eigenvalue weighted by molar-refractivity contribution is -0.123. The van der Waals surface area contributed by atoms with E-state index >= 15 is 0 Å². The molecule has 0 bridgehead atoms. The number of hydrogen-bond donors (Lipinski definition) is 1. The maximum atomic E-state index is 12.9. The number of benzene rings is 1. The molecule has 0 aromatic heterocycles. The van der Waals surface area contributed by atoms with E-state index in [4.69, 9.17) is 0 Å². The number of anilines is 1. The van der Waals surface area contributed by atoms with Crippen LogP contribution < -0.4 is 10.2 Å². The molecule has 1 saturated carbocycles. The van der Waals surface area contributed by atoms with E-state index in [1.807, 2.05) is 12.1 Å². The predicted molar refractivity (Wildman–Crippen MR) is 77.0 cm³/mol. The highest BCUT2D eigenvalue weighted by molar-refractivity contribution is 5.81. The van der Waals surface area contributed by atoms with E-state index in [9.17, 15) is 9.18 Å². The van der Waals surface area contributed by atoms with Gasteiger partial charge in [0.15, 0.2) is 0 Å². The van der Waals surface area contributed by atoms with Crippen molar-refractivity contribution >= 4 is 11.6 Å². The van der Waals surface area contributed by atoms with Crippen LogP contribution >= 0.6 is 0 Å². The summed E-state index contributed by atoms with van der Waals surface area (Å²) in [6, 6.07) is 6.93. The molecule has 0 radical (unpaired) electrons. The van der Waals surface area contributed by atoms with Crippen molar-refractivity contribution in [2.75, 3.05) is 18.0 Å². The fourth-order valence-corrected chi connectivity index (χ4v) is 2.93. The van der Waals surface area contributed by atoms with Crippen molar-refractivity contribution in [3.63, 3.8) is 0 Å². The van der Waals surface area contributed by atoms with Crippen LogP contribution in [0.15, 0.2) is 24.3 Å². The van der Waals surface area contributed by atoms with Gasteiger partial charge in [-0.3, -0.25) is 4.79 Å². The second-order valence-corrected chi connectivity index (χ2v) is 6.07. The van der Waals surface area contributed by atoms with Crippen LogP contribution in [0.3, 0.4) is 0 Å². The van der Waals surface area contributed by atoms with Gasteiger partial charge in [0.05, 0.1) is 0 Å². The molecule has 1 aliphatic heterocycles. The number of halogens is 1. The summed E-state index contributed by atoms with van der Waals surface area (Å²) in [5.74, 6) is 0.853. The van der Waals surface area contributed by atoms with E-state index in [-0.39, 0.29) is 17.6 Å². The molecule has 20 heavy (non-hydrogen) atoms. The summed E-state index contributed by atoms with van der Waals surface area (Å²) in [4.78, 5) is 14.2. The fourth-order valence-electron chi connectivity index (χ4n) is 2.93. The third-order valence-corrected chi connectivity index (χ3v) is 4.48. The molecule has 0 spiro atoms. The van der Waals surface area contributed by atoms with Crippen molar-refractivity contribution in [1.29, 1.82) is 0 Å². The molecule has 1 aliphatic carbocycles. The van der Waals surface area contributed by atoms with Crippen LogP contribution in [0.5, 0.6) is 0 Å². The molecular weight excluding hydrogens is 255 g/mol. The average molecular weight is 276 g/mol. The molecule has 2 atom stereocenters. The molecule has 2 fully saturated rings. The van der Waals surface area contributed by atoms with Crippen LogP contribution in [-0.2, 0) is 4.79 Å². The van der Waals surface area contributed by atoms with Gasteiger partial charge in [-0.15, -0.1) is 0 Å². The fraction of sp³-hybridized carbons (Fsp3) is 0.562. The first-order valence-corrected chi connectivity index (χ1v) is 7.44. The van der Waals surface area contributed by atoms with Crippen molar-refractivity contribution in [2.24, 2.45) is 11.8 Å². The van der Waals surface area contributed by atoms with E-state index in [2.05, 4.69) is 17.1 Å². The monoisotopic (exact) mass is 276 g/mol. The van der Waals surface area contributed by atoms with Gasteiger partial charge in [-0.1, -0.05) is 6.92 Å². The number of carbonyl (C=O) groups excluding carboxylic acids is 1. The van der Waals surface area contributed by atoms with Crippen molar-refractivity contribution < 1.29 is 9.18 Å². The second kappa shape index (κ2) is 5.43. The topological polar surface area (TPSA) is 32.3 Å². The van der Waals surface area contributed by atoms with Crippen molar-refractivity contribution in [3.8, 4) is 0 Å². The maximum Gasteiger partial charge on any atom is 0.223 e. The normalized spacial score (nSPS) is 26.4. The van der Waals surface area contributed by atoms with Crippen molar-refractivity contribution in [2.45, 2.75) is 32.2 Å². The molecule has 1 saturated heterocycles. The minimum Gasteiger partial charge on any atom is -0.371 e. The van der Waals surface area contributed by atoms with Gasteiger partial charge in [-0.25, -0.2) is 4.39 Å². The first kappa shape index (κ1) is 13.4. The largest absolute Gasteiger partial charge is 0.371 e. The summed E-state index contributed by atoms with van der Waals surface area (Å²) in [6.45, 7) is 3.95. The molecule has 0 unspecified atom stereocenters. The highest BCUT2D eigenvalue weighted by Gasteiger charge is 2.39. The molecule has 1 aromatic carbocycles. The second-order valence-electron chi connectivity index (χ2n) is 6.07. The van der Waals surface area contributed by atoms with Crippen LogP contribution in [0, 0.1) is 17.7 Å². The van der Waals surface area contributed by atoms with Gasteiger partial charge in [0, 0.05) is 30.7 Å². The Morgan fingerprint density at radius 2 is 1.85 bits per heavy atom. The van der Waals surface area contributed by atoms with Gasteiger partial charge >= 0.3 is 0 Å². The molecule has 1 aromatic rings. The molecule has 3 rings (SSSR count). The minimum absolute atomic E-state index is 0.200. The Bertz CT molecular complexity index is 480. The number of nitrogens with zero attached hydrogens (tertiary/aromatic N) is 1. The number of amides is 1. The highest BCUT2D eigenvalue weighted by atomic mass is 19.1. The number of rotatable bonds is 3. The minimum atomic E-state index is -0.200. The van der Waals surface area contributed by atoms with Gasteiger partial charge < -0.3 is 10.2 Å². The molecule has 1 N–H and O–H groups in total. The molecular formula is C16H21FN2O. The Morgan fingerprint density at radius 3 is 2.40 bits per heavy atom. The van der Waals surface area contributed by atoms with E-state index in [1.54, 1.807) is 0 Å². The lowest BCUT2D eigenvalue weighted by atomic mass is 10.0. The number of nitrogens with one attached hydrogen (secondary N) is 1. The van der Waals surface area contributed by atoms with E-state index in [0.717, 1.165) is 38.0 Å². The van der Waals surface area contributed by atoms with E-state index in [0.29, 0.717) is 12.0 Å². The number of carbonyl (C=O) groups is 1. The summed E-state index contributed by atoms with van der Waals surface area (Å²) in [5, 5.41) is 3.17. The predicted octanol–water partition coefficient (Wildman–Crippen LogP) is 2.57. The molecule has 1 heterocycles. The van der Waals surface area contributed by atoms with E-state index < -0.39 is 0 Å². The van der Waals surface area contributed by atoms with Crippen LogP contribution in [0.1, 0.15) is 26.2 Å². The summed E-state index contributed by atoms with van der Waals surface area (Å²) in [7, 11) is 0. The lowest BCUT2D eigenvalue weighted by Gasteiger charge is -2.34. The Kier molecular flexibility index (Phi) is 3.64. The van der Waals surface area contributed by atoms with Crippen LogP contribution in [0.4, 0.5) is 10.1 Å². The Hall–Kier alpha value is -1.58. The van der Waals surface area contributed by atoms with Gasteiger partial charge in [-0.2, -0.15) is 0 Å². The molecule has 4 heteroatoms. The van der Waals surface area contributed by atoms with Crippen molar-refractivity contribution in [3.05, 3.63) is 30.1 Å². The molecule has 2 aliphatic rings. The Balaban J connectivity index is 1.49. The zero-order valence-electron chi connectivity index (χ0n) is 11.8. The van der Waals surface area contributed by atoms with Gasteiger partial charge in [0.25, 0.3) is 0 Å². The van der Waals surface area contributed by atoms with Crippen LogP contribution in [0.25, 0.3) is 0 Å². The SMILES string of the molecule is C[C@H]1C[C@H]1C(=O)NC1CCN(c2ccc(F)cc2)CC1. The first-order chi connectivity index (χ1) is 9.63. The summed E-state index contributed by atoms with van der Waals surface area (Å²) < 4.78 is 12.9. The molecule has 108 valence electrons. The lowest BCUT2D eigenvalue weighted by Crippen LogP contribution is -2.45. The van der Waals surface area contributed by atoms with Crippen LogP contribution in [-0.4, -0.2) is 25.0 Å². The van der Waals surface area contributed by atoms with Gasteiger partial charge in [-0.05, 0) is 49.4 Å². The highest BCUT2D eigenvalue weighted by Crippen LogP contribution is 2.37. The number of piperidine rings is 1. The summed E-state index contributed by atoms with van der Waals surface area (Å²) in [5.41, 5.74) is 1.06. The maximum absolute atomic E-state index is 12.9. The third kappa shape index (κ3) is 2.94. The number of hydrogen-bond acceptors (Lipinski definition) is 2. The van der Waals surface area contributed by atoms with E-state index in [1.165, 1.54) is 12.1 Å². The average Bonchev–Trinajstić information content (AvgIpc) is 3.18. The van der Waals surface area contributed by atoms with Crippen molar-refractivity contribution in [1.82, 2.24) is 5.32 Å².